The maximum atomic E-state index is 10.2. The Bertz CT molecular complexity index is 205. The molecule has 0 aromatic carbocycles. The topological polar surface area (TPSA) is 46.5 Å². The van der Waals surface area contributed by atoms with Gasteiger partial charge in [0.1, 0.15) is 8.43 Å². The van der Waals surface area contributed by atoms with Crippen molar-refractivity contribution in [3.05, 3.63) is 10.2 Å². The highest BCUT2D eigenvalue weighted by atomic mass is 127. The number of hydrogen-bond acceptors (Lipinski definition) is 2. The third-order valence-electron chi connectivity index (χ3n) is 1.15. The fourth-order valence-corrected chi connectivity index (χ4v) is 1.10. The predicted octanol–water partition coefficient (Wildman–Crippen LogP) is 3.54. The molecule has 0 amide bonds. The number of carbonyl (C=O) groups is 1. The second-order valence-corrected chi connectivity index (χ2v) is 7.79. The number of rotatable bonds is 3. The summed E-state index contributed by atoms with van der Waals surface area (Å²) in [5.41, 5.74) is 0. The SMILES string of the molecule is C=C(I)C(Br)(I)C(C)OC(=O)O. The van der Waals surface area contributed by atoms with Crippen molar-refractivity contribution in [3.8, 4) is 0 Å². The summed E-state index contributed by atoms with van der Waals surface area (Å²) in [7, 11) is 0. The molecule has 70 valence electrons. The van der Waals surface area contributed by atoms with Crippen molar-refractivity contribution in [2.24, 2.45) is 0 Å². The zero-order valence-electron chi connectivity index (χ0n) is 6.18. The first-order chi connectivity index (χ1) is 5.28. The highest BCUT2D eigenvalue weighted by Gasteiger charge is 2.35. The molecule has 0 aliphatic rings. The molecule has 0 aliphatic carbocycles. The van der Waals surface area contributed by atoms with Gasteiger partial charge in [0, 0.05) is 3.58 Å². The fraction of sp³-hybridized carbons (Fsp3) is 0.500. The van der Waals surface area contributed by atoms with Crippen LogP contribution in [0.4, 0.5) is 4.79 Å². The first kappa shape index (κ1) is 12.9. The first-order valence-electron chi connectivity index (χ1n) is 2.90. The van der Waals surface area contributed by atoms with Crippen molar-refractivity contribution in [2.45, 2.75) is 15.4 Å². The second kappa shape index (κ2) is 4.99. The van der Waals surface area contributed by atoms with Crippen LogP contribution in [0.15, 0.2) is 10.2 Å². The van der Waals surface area contributed by atoms with E-state index >= 15 is 0 Å². The summed E-state index contributed by atoms with van der Waals surface area (Å²) in [6.07, 6.45) is -1.75. The molecule has 0 aromatic rings. The Labute approximate surface area is 106 Å². The van der Waals surface area contributed by atoms with E-state index in [0.29, 0.717) is 0 Å². The number of hydrogen-bond donors (Lipinski definition) is 1. The van der Waals surface area contributed by atoms with Crippen LogP contribution in [0.1, 0.15) is 6.92 Å². The van der Waals surface area contributed by atoms with Gasteiger partial charge in [0.15, 0.2) is 0 Å². The normalized spacial score (nSPS) is 17.7. The Morgan fingerprint density at radius 2 is 2.25 bits per heavy atom. The molecule has 0 fully saturated rings. The predicted molar refractivity (Wildman–Crippen MR) is 67.4 cm³/mol. The van der Waals surface area contributed by atoms with Crippen molar-refractivity contribution in [2.75, 3.05) is 0 Å². The van der Waals surface area contributed by atoms with Gasteiger partial charge in [-0.05, 0) is 29.5 Å². The average Bonchev–Trinajstić information content (AvgIpc) is 1.85. The third kappa shape index (κ3) is 3.77. The quantitative estimate of drug-likeness (QED) is 0.398. The van der Waals surface area contributed by atoms with Gasteiger partial charge in [0.25, 0.3) is 0 Å². The van der Waals surface area contributed by atoms with Crippen LogP contribution in [0, 0.1) is 0 Å². The number of halogens is 3. The Hall–Kier alpha value is 0.950. The fourth-order valence-electron chi connectivity index (χ4n) is 0.446. The van der Waals surface area contributed by atoms with Crippen LogP contribution < -0.4 is 0 Å². The van der Waals surface area contributed by atoms with E-state index in [9.17, 15) is 4.79 Å². The first-order valence-corrected chi connectivity index (χ1v) is 5.85. The maximum absolute atomic E-state index is 10.2. The van der Waals surface area contributed by atoms with E-state index in [0.717, 1.165) is 3.58 Å². The van der Waals surface area contributed by atoms with Crippen molar-refractivity contribution in [3.63, 3.8) is 0 Å². The molecule has 0 rings (SSSR count). The highest BCUT2D eigenvalue weighted by Crippen LogP contribution is 2.42. The van der Waals surface area contributed by atoms with Gasteiger partial charge in [-0.25, -0.2) is 4.79 Å². The molecule has 0 radical (unpaired) electrons. The molecule has 0 saturated carbocycles. The van der Waals surface area contributed by atoms with E-state index in [1.165, 1.54) is 0 Å². The molecule has 0 aromatic heterocycles. The summed E-state index contributed by atoms with van der Waals surface area (Å²) in [6.45, 7) is 5.38. The number of ether oxygens (including phenoxy) is 1. The van der Waals surface area contributed by atoms with Crippen LogP contribution in [-0.2, 0) is 4.74 Å². The maximum Gasteiger partial charge on any atom is 0.506 e. The summed E-state index contributed by atoms with van der Waals surface area (Å²) >= 11 is 7.40. The molecule has 0 bridgehead atoms. The van der Waals surface area contributed by atoms with Crippen molar-refractivity contribution in [1.82, 2.24) is 0 Å². The van der Waals surface area contributed by atoms with Crippen LogP contribution in [0.3, 0.4) is 0 Å². The van der Waals surface area contributed by atoms with E-state index < -0.39 is 14.6 Å². The summed E-state index contributed by atoms with van der Waals surface area (Å²) in [4.78, 5) is 10.2. The molecule has 0 aliphatic heterocycles. The Balaban J connectivity index is 4.35. The van der Waals surface area contributed by atoms with Crippen molar-refractivity contribution < 1.29 is 14.6 Å². The van der Waals surface area contributed by atoms with E-state index in [4.69, 9.17) is 5.11 Å². The summed E-state index contributed by atoms with van der Waals surface area (Å²) in [5, 5.41) is 8.35. The lowest BCUT2D eigenvalue weighted by atomic mass is 10.3. The third-order valence-corrected chi connectivity index (χ3v) is 6.43. The average molecular weight is 461 g/mol. The summed E-state index contributed by atoms with van der Waals surface area (Å²) < 4.78 is 4.82. The summed E-state index contributed by atoms with van der Waals surface area (Å²) in [6, 6.07) is 0. The highest BCUT2D eigenvalue weighted by molar-refractivity contribution is 14.1. The van der Waals surface area contributed by atoms with Gasteiger partial charge in [-0.1, -0.05) is 45.1 Å². The van der Waals surface area contributed by atoms with Gasteiger partial charge in [-0.2, -0.15) is 0 Å². The minimum atomic E-state index is -1.28. The smallest absolute Gasteiger partial charge is 0.450 e. The minimum absolute atomic E-state index is 0.472. The Kier molecular flexibility index (Phi) is 5.38. The van der Waals surface area contributed by atoms with Gasteiger partial charge in [0.2, 0.25) is 0 Å². The van der Waals surface area contributed by atoms with Crippen molar-refractivity contribution in [1.29, 1.82) is 0 Å². The van der Waals surface area contributed by atoms with Crippen LogP contribution in [0.5, 0.6) is 0 Å². The molecule has 6 heteroatoms. The molecule has 2 atom stereocenters. The lowest BCUT2D eigenvalue weighted by Gasteiger charge is -2.25. The van der Waals surface area contributed by atoms with Crippen molar-refractivity contribution >= 4 is 67.3 Å². The van der Waals surface area contributed by atoms with Gasteiger partial charge in [-0.15, -0.1) is 0 Å². The van der Waals surface area contributed by atoms with Gasteiger partial charge in [-0.3, -0.25) is 0 Å². The zero-order chi connectivity index (χ0) is 9.94. The lowest BCUT2D eigenvalue weighted by molar-refractivity contribution is 0.0610. The Morgan fingerprint density at radius 1 is 1.83 bits per heavy atom. The second-order valence-electron chi connectivity index (χ2n) is 2.05. The van der Waals surface area contributed by atoms with Gasteiger partial charge < -0.3 is 9.84 Å². The summed E-state index contributed by atoms with van der Waals surface area (Å²) in [5.74, 6) is 0. The monoisotopic (exact) mass is 460 g/mol. The Morgan fingerprint density at radius 3 is 2.50 bits per heavy atom. The van der Waals surface area contributed by atoms with Crippen LogP contribution in [-0.4, -0.2) is 19.7 Å². The molecule has 1 N–H and O–H groups in total. The van der Waals surface area contributed by atoms with E-state index in [1.54, 1.807) is 6.92 Å². The molecular formula is C6H7BrI2O3. The molecular weight excluding hydrogens is 454 g/mol. The van der Waals surface area contributed by atoms with Gasteiger partial charge in [0.05, 0.1) is 0 Å². The lowest BCUT2D eigenvalue weighted by Crippen LogP contribution is -2.31. The standard InChI is InChI=1S/C6H7BrI2O3/c1-3(8)6(7,9)4(2)12-5(10)11/h4H,1H2,2H3,(H,10,11). The van der Waals surface area contributed by atoms with Crippen LogP contribution in [0.25, 0.3) is 0 Å². The number of alkyl halides is 2. The molecule has 2 unspecified atom stereocenters. The van der Waals surface area contributed by atoms with Crippen LogP contribution >= 0.6 is 61.1 Å². The number of carboxylic acid groups (broad SMARTS) is 1. The van der Waals surface area contributed by atoms with E-state index in [-0.39, 0.29) is 0 Å². The van der Waals surface area contributed by atoms with Crippen LogP contribution in [0.2, 0.25) is 0 Å². The molecule has 0 spiro atoms. The molecule has 3 nitrogen and oxygen atoms in total. The molecule has 12 heavy (non-hydrogen) atoms. The minimum Gasteiger partial charge on any atom is -0.450 e. The molecule has 0 saturated heterocycles. The zero-order valence-corrected chi connectivity index (χ0v) is 12.1. The van der Waals surface area contributed by atoms with E-state index in [1.807, 2.05) is 45.2 Å². The molecule has 0 heterocycles. The largest absolute Gasteiger partial charge is 0.506 e. The van der Waals surface area contributed by atoms with Gasteiger partial charge >= 0.3 is 6.16 Å². The van der Waals surface area contributed by atoms with E-state index in [2.05, 4.69) is 27.2 Å².